The number of hydrogen-bond acceptors (Lipinski definition) is 6. The highest BCUT2D eigenvalue weighted by atomic mass is 16.1. The number of ketones is 1. The highest BCUT2D eigenvalue weighted by Crippen LogP contribution is 2.33. The number of nitrogens with zero attached hydrogens (tertiary/aromatic N) is 5. The van der Waals surface area contributed by atoms with E-state index in [2.05, 4.69) is 40.1 Å². The third-order valence-electron chi connectivity index (χ3n) is 8.85. The molecule has 2 aliphatic rings. The molecule has 0 radical (unpaired) electrons. The molecule has 208 valence electrons. The first-order valence-electron chi connectivity index (χ1n) is 14.7. The van der Waals surface area contributed by atoms with Crippen molar-refractivity contribution in [1.29, 1.82) is 0 Å². The average molecular weight is 539 g/mol. The Morgan fingerprint density at radius 1 is 1.00 bits per heavy atom. The van der Waals surface area contributed by atoms with Crippen molar-refractivity contribution in [1.82, 2.24) is 24.1 Å². The standard InChI is InChI=1S/C32H38N6O2/c1-20-9-5-4-6-10-24(14-13-20)37-16-15-23-17-28(33-19-27(23)37)35-32-34-18-26-21(2)29(22(3)39)31(40)38(30(26)36-32)25-11-7-8-12-25/h9,15-19,24-25H,4-8,10-14H2,1-3H3,(H,33,34,35,36)/b20-9-. The smallest absolute Gasteiger partial charge is 0.263 e. The van der Waals surface area contributed by atoms with Crippen LogP contribution in [0.15, 0.2) is 47.2 Å². The molecule has 4 aromatic heterocycles. The molecule has 0 aromatic carbocycles. The number of aryl methyl sites for hydroxylation is 1. The number of hydrogen-bond donors (Lipinski definition) is 1. The number of carbonyl (C=O) groups excluding carboxylic acids is 1. The van der Waals surface area contributed by atoms with Crippen molar-refractivity contribution in [3.8, 4) is 0 Å². The van der Waals surface area contributed by atoms with Gasteiger partial charge in [0.05, 0.1) is 17.3 Å². The van der Waals surface area contributed by atoms with E-state index in [-0.39, 0.29) is 22.9 Å². The van der Waals surface area contributed by atoms with E-state index in [0.29, 0.717) is 29.0 Å². The second kappa shape index (κ2) is 11.0. The van der Waals surface area contributed by atoms with Gasteiger partial charge in [0, 0.05) is 35.2 Å². The lowest BCUT2D eigenvalue weighted by atomic mass is 10.0. The molecule has 6 rings (SSSR count). The molecule has 8 heteroatoms. The summed E-state index contributed by atoms with van der Waals surface area (Å²) in [4.78, 5) is 40.0. The van der Waals surface area contributed by atoms with Crippen molar-refractivity contribution >= 4 is 39.5 Å². The Balaban J connectivity index is 1.33. The Bertz CT molecular complexity index is 1670. The number of fused-ring (bicyclic) bond motifs is 2. The van der Waals surface area contributed by atoms with E-state index in [1.807, 2.05) is 19.2 Å². The van der Waals surface area contributed by atoms with Crippen molar-refractivity contribution in [2.24, 2.45) is 0 Å². The molecule has 0 spiro atoms. The molecular formula is C32H38N6O2. The quantitative estimate of drug-likeness (QED) is 0.211. The minimum atomic E-state index is -0.245. The van der Waals surface area contributed by atoms with Gasteiger partial charge >= 0.3 is 0 Å². The van der Waals surface area contributed by atoms with Gasteiger partial charge in [-0.3, -0.25) is 14.2 Å². The zero-order valence-corrected chi connectivity index (χ0v) is 23.7. The maximum atomic E-state index is 13.5. The van der Waals surface area contributed by atoms with E-state index in [9.17, 15) is 9.59 Å². The molecule has 0 bridgehead atoms. The van der Waals surface area contributed by atoms with Gasteiger partial charge in [0.1, 0.15) is 11.5 Å². The Morgan fingerprint density at radius 3 is 2.58 bits per heavy atom. The van der Waals surface area contributed by atoms with Gasteiger partial charge in [0.25, 0.3) is 5.56 Å². The molecule has 0 saturated heterocycles. The normalized spacial score (nSPS) is 20.2. The molecule has 4 aromatic rings. The molecule has 1 saturated carbocycles. The molecule has 0 aliphatic heterocycles. The van der Waals surface area contributed by atoms with Crippen LogP contribution in [-0.2, 0) is 0 Å². The molecule has 8 nitrogen and oxygen atoms in total. The van der Waals surface area contributed by atoms with Crippen LogP contribution in [0, 0.1) is 6.92 Å². The van der Waals surface area contributed by atoms with E-state index in [0.717, 1.165) is 54.8 Å². The number of carbonyl (C=O) groups is 1. The van der Waals surface area contributed by atoms with E-state index >= 15 is 0 Å². The van der Waals surface area contributed by atoms with Crippen molar-refractivity contribution in [3.05, 3.63) is 63.9 Å². The van der Waals surface area contributed by atoms with E-state index in [4.69, 9.17) is 9.97 Å². The molecule has 1 fully saturated rings. The molecule has 1 atom stereocenters. The Labute approximate surface area is 234 Å². The fraction of sp³-hybridized carbons (Fsp3) is 0.469. The lowest BCUT2D eigenvalue weighted by Crippen LogP contribution is -2.30. The van der Waals surface area contributed by atoms with Gasteiger partial charge < -0.3 is 9.88 Å². The summed E-state index contributed by atoms with van der Waals surface area (Å²) >= 11 is 0. The molecular weight excluding hydrogens is 500 g/mol. The summed E-state index contributed by atoms with van der Waals surface area (Å²) in [7, 11) is 0. The van der Waals surface area contributed by atoms with Gasteiger partial charge in [-0.1, -0.05) is 30.9 Å². The summed E-state index contributed by atoms with van der Waals surface area (Å²) in [6.45, 7) is 5.52. The van der Waals surface area contributed by atoms with Crippen LogP contribution in [0.4, 0.5) is 11.8 Å². The van der Waals surface area contributed by atoms with Gasteiger partial charge in [-0.15, -0.1) is 0 Å². The highest BCUT2D eigenvalue weighted by molar-refractivity contribution is 5.99. The molecule has 40 heavy (non-hydrogen) atoms. The maximum absolute atomic E-state index is 13.5. The van der Waals surface area contributed by atoms with Gasteiger partial charge in [-0.25, -0.2) is 9.97 Å². The van der Waals surface area contributed by atoms with Gasteiger partial charge in [-0.05, 0) is 83.4 Å². The summed E-state index contributed by atoms with van der Waals surface area (Å²) < 4.78 is 4.14. The Morgan fingerprint density at radius 2 is 1.77 bits per heavy atom. The third kappa shape index (κ3) is 4.95. The second-order valence-electron chi connectivity index (χ2n) is 11.6. The van der Waals surface area contributed by atoms with Gasteiger partial charge in [0.15, 0.2) is 5.78 Å². The van der Waals surface area contributed by atoms with Crippen LogP contribution in [0.1, 0.15) is 106 Å². The number of allylic oxidation sites excluding steroid dienone is 2. The number of pyridine rings is 2. The monoisotopic (exact) mass is 538 g/mol. The van der Waals surface area contributed by atoms with Crippen LogP contribution in [0.3, 0.4) is 0 Å². The fourth-order valence-corrected chi connectivity index (χ4v) is 6.66. The first-order valence-corrected chi connectivity index (χ1v) is 14.7. The van der Waals surface area contributed by atoms with Gasteiger partial charge in [-0.2, -0.15) is 4.98 Å². The predicted molar refractivity (Wildman–Crippen MR) is 160 cm³/mol. The van der Waals surface area contributed by atoms with E-state index < -0.39 is 0 Å². The maximum Gasteiger partial charge on any atom is 0.263 e. The van der Waals surface area contributed by atoms with Crippen molar-refractivity contribution in [2.45, 2.75) is 97.1 Å². The highest BCUT2D eigenvalue weighted by Gasteiger charge is 2.26. The summed E-state index contributed by atoms with van der Waals surface area (Å²) in [6, 6.07) is 4.71. The van der Waals surface area contributed by atoms with Gasteiger partial charge in [0.2, 0.25) is 5.95 Å². The predicted octanol–water partition coefficient (Wildman–Crippen LogP) is 7.35. The second-order valence-corrected chi connectivity index (χ2v) is 11.6. The van der Waals surface area contributed by atoms with Crippen molar-refractivity contribution < 1.29 is 4.79 Å². The number of nitrogens with one attached hydrogen (secondary N) is 1. The number of rotatable bonds is 5. The Hall–Kier alpha value is -3.81. The van der Waals surface area contributed by atoms with Crippen LogP contribution in [0.2, 0.25) is 0 Å². The number of Topliss-reactive ketones (excluding diaryl/α,β-unsaturated/α-hetero) is 1. The molecule has 1 unspecified atom stereocenters. The summed E-state index contributed by atoms with van der Waals surface area (Å²) in [6.07, 6.45) is 19.3. The third-order valence-corrected chi connectivity index (χ3v) is 8.85. The fourth-order valence-electron chi connectivity index (χ4n) is 6.66. The van der Waals surface area contributed by atoms with Crippen molar-refractivity contribution in [2.75, 3.05) is 5.32 Å². The lowest BCUT2D eigenvalue weighted by molar-refractivity contribution is 0.101. The largest absolute Gasteiger partial charge is 0.343 e. The van der Waals surface area contributed by atoms with Crippen LogP contribution in [-0.4, -0.2) is 29.9 Å². The summed E-state index contributed by atoms with van der Waals surface area (Å²) in [5.41, 5.74) is 3.85. The Kier molecular flexibility index (Phi) is 7.26. The molecule has 1 N–H and O–H groups in total. The van der Waals surface area contributed by atoms with E-state index in [1.165, 1.54) is 38.2 Å². The number of aromatic nitrogens is 5. The topological polar surface area (TPSA) is 94.7 Å². The SMILES string of the molecule is CC(=O)c1c(C)c2cnc(Nc3cc4ccn(C5CCCC/C=C(/C)CC5)c4cn3)nc2n(C2CCCC2)c1=O. The first-order chi connectivity index (χ1) is 19.4. The lowest BCUT2D eigenvalue weighted by Gasteiger charge is -2.20. The molecule has 4 heterocycles. The summed E-state index contributed by atoms with van der Waals surface area (Å²) in [5, 5.41) is 5.13. The van der Waals surface area contributed by atoms with Crippen LogP contribution >= 0.6 is 0 Å². The average Bonchev–Trinajstić information content (AvgIpc) is 3.61. The minimum Gasteiger partial charge on any atom is -0.343 e. The summed E-state index contributed by atoms with van der Waals surface area (Å²) in [5.74, 6) is 0.826. The molecule has 0 amide bonds. The van der Waals surface area contributed by atoms with Crippen LogP contribution in [0.5, 0.6) is 0 Å². The zero-order valence-electron chi connectivity index (χ0n) is 23.7. The van der Waals surface area contributed by atoms with E-state index in [1.54, 1.807) is 10.8 Å². The number of anilines is 2. The van der Waals surface area contributed by atoms with Crippen molar-refractivity contribution in [3.63, 3.8) is 0 Å². The minimum absolute atomic E-state index is 0.0440. The van der Waals surface area contributed by atoms with Crippen LogP contribution < -0.4 is 10.9 Å². The van der Waals surface area contributed by atoms with Crippen LogP contribution in [0.25, 0.3) is 21.9 Å². The first kappa shape index (κ1) is 26.4. The zero-order chi connectivity index (χ0) is 27.8. The molecule has 2 aliphatic carbocycles.